The number of hydrogen-bond donors (Lipinski definition) is 1. The van der Waals surface area contributed by atoms with Crippen molar-refractivity contribution in [2.24, 2.45) is 0 Å². The molecule has 0 spiro atoms. The number of aromatic nitrogens is 2. The predicted molar refractivity (Wildman–Crippen MR) is 79.8 cm³/mol. The quantitative estimate of drug-likeness (QED) is 0.878. The van der Waals surface area contributed by atoms with Gasteiger partial charge in [0.1, 0.15) is 5.82 Å². The molecule has 2 rings (SSSR count). The summed E-state index contributed by atoms with van der Waals surface area (Å²) in [5.74, 6) is 1.66. The molecule has 5 nitrogen and oxygen atoms in total. The van der Waals surface area contributed by atoms with Crippen molar-refractivity contribution < 1.29 is 0 Å². The Kier molecular flexibility index (Phi) is 5.39. The van der Waals surface area contributed by atoms with Crippen LogP contribution in [0.15, 0.2) is 12.3 Å². The van der Waals surface area contributed by atoms with E-state index in [9.17, 15) is 0 Å². The van der Waals surface area contributed by atoms with Crippen LogP contribution in [0, 0.1) is 0 Å². The van der Waals surface area contributed by atoms with Crippen molar-refractivity contribution in [2.75, 3.05) is 50.5 Å². The van der Waals surface area contributed by atoms with Gasteiger partial charge >= 0.3 is 0 Å². The topological polar surface area (TPSA) is 44.3 Å². The van der Waals surface area contributed by atoms with Gasteiger partial charge in [-0.25, -0.2) is 4.98 Å². The van der Waals surface area contributed by atoms with Gasteiger partial charge in [0, 0.05) is 33.4 Å². The molecule has 1 saturated heterocycles. The van der Waals surface area contributed by atoms with E-state index in [1.165, 1.54) is 38.8 Å². The van der Waals surface area contributed by atoms with Gasteiger partial charge in [0.2, 0.25) is 5.95 Å². The molecule has 1 aromatic rings. The average molecular weight is 263 g/mol. The molecule has 1 fully saturated rings. The largest absolute Gasteiger partial charge is 0.369 e. The lowest BCUT2D eigenvalue weighted by Crippen LogP contribution is -2.30. The van der Waals surface area contributed by atoms with Crippen LogP contribution < -0.4 is 10.2 Å². The van der Waals surface area contributed by atoms with Crippen molar-refractivity contribution in [3.63, 3.8) is 0 Å². The van der Waals surface area contributed by atoms with E-state index < -0.39 is 0 Å². The molecule has 1 N–H and O–H groups in total. The van der Waals surface area contributed by atoms with E-state index in [0.29, 0.717) is 0 Å². The van der Waals surface area contributed by atoms with Crippen molar-refractivity contribution >= 4 is 11.8 Å². The Morgan fingerprint density at radius 3 is 2.63 bits per heavy atom. The second-order valence-electron chi connectivity index (χ2n) is 5.32. The van der Waals surface area contributed by atoms with Crippen molar-refractivity contribution in [1.82, 2.24) is 14.9 Å². The molecule has 0 bridgehead atoms. The highest BCUT2D eigenvalue weighted by Crippen LogP contribution is 2.10. The Bertz CT molecular complexity index is 372. The second-order valence-corrected chi connectivity index (χ2v) is 5.32. The summed E-state index contributed by atoms with van der Waals surface area (Å²) < 4.78 is 0. The first kappa shape index (κ1) is 14.1. The first-order valence-corrected chi connectivity index (χ1v) is 7.22. The molecule has 0 atom stereocenters. The summed E-state index contributed by atoms with van der Waals surface area (Å²) in [5, 5.41) is 3.39. The van der Waals surface area contributed by atoms with Crippen LogP contribution in [0.5, 0.6) is 0 Å². The van der Waals surface area contributed by atoms with Crippen LogP contribution in [-0.2, 0) is 0 Å². The van der Waals surface area contributed by atoms with E-state index in [0.717, 1.165) is 24.9 Å². The molecule has 0 unspecified atom stereocenters. The molecule has 106 valence electrons. The van der Waals surface area contributed by atoms with Crippen LogP contribution >= 0.6 is 0 Å². The summed E-state index contributed by atoms with van der Waals surface area (Å²) in [6.07, 6.45) is 7.28. The molecular formula is C14H25N5. The molecule has 2 heterocycles. The zero-order valence-corrected chi connectivity index (χ0v) is 12.1. The smallest absolute Gasteiger partial charge is 0.226 e. The maximum Gasteiger partial charge on any atom is 0.226 e. The lowest BCUT2D eigenvalue weighted by atomic mass is 10.2. The molecule has 0 amide bonds. The van der Waals surface area contributed by atoms with Gasteiger partial charge in [0.15, 0.2) is 0 Å². The van der Waals surface area contributed by atoms with Gasteiger partial charge in [0.05, 0.1) is 0 Å². The highest BCUT2D eigenvalue weighted by Gasteiger charge is 2.08. The van der Waals surface area contributed by atoms with Crippen molar-refractivity contribution in [2.45, 2.75) is 25.7 Å². The number of likely N-dealkylation sites (tertiary alicyclic amines) is 1. The molecule has 19 heavy (non-hydrogen) atoms. The van der Waals surface area contributed by atoms with Crippen LogP contribution in [0.2, 0.25) is 0 Å². The summed E-state index contributed by atoms with van der Waals surface area (Å²) in [4.78, 5) is 13.1. The lowest BCUT2D eigenvalue weighted by molar-refractivity contribution is 0.296. The summed E-state index contributed by atoms with van der Waals surface area (Å²) >= 11 is 0. The zero-order chi connectivity index (χ0) is 13.5. The first-order chi connectivity index (χ1) is 9.25. The monoisotopic (exact) mass is 263 g/mol. The normalized spacial score (nSPS) is 16.9. The minimum Gasteiger partial charge on any atom is -0.369 e. The highest BCUT2D eigenvalue weighted by molar-refractivity contribution is 5.40. The van der Waals surface area contributed by atoms with Gasteiger partial charge in [-0.1, -0.05) is 12.8 Å². The third kappa shape index (κ3) is 4.67. The van der Waals surface area contributed by atoms with Gasteiger partial charge in [0.25, 0.3) is 0 Å². The number of hydrogen-bond acceptors (Lipinski definition) is 5. The standard InChI is InChI=1S/C14H25N5/c1-18(2)14-16-8-7-13(17-14)15-9-12-19-10-5-3-4-6-11-19/h7-8H,3-6,9-12H2,1-2H3,(H,15,16,17). The van der Waals surface area contributed by atoms with E-state index in [1.807, 2.05) is 25.1 Å². The van der Waals surface area contributed by atoms with Gasteiger partial charge in [-0.3, -0.25) is 0 Å². The fourth-order valence-corrected chi connectivity index (χ4v) is 2.36. The van der Waals surface area contributed by atoms with E-state index in [2.05, 4.69) is 20.2 Å². The minimum atomic E-state index is 0.750. The molecule has 1 aromatic heterocycles. The number of nitrogens with one attached hydrogen (secondary N) is 1. The zero-order valence-electron chi connectivity index (χ0n) is 12.1. The van der Waals surface area contributed by atoms with Crippen molar-refractivity contribution in [1.29, 1.82) is 0 Å². The maximum absolute atomic E-state index is 4.46. The van der Waals surface area contributed by atoms with E-state index in [-0.39, 0.29) is 0 Å². The maximum atomic E-state index is 4.46. The minimum absolute atomic E-state index is 0.750. The fourth-order valence-electron chi connectivity index (χ4n) is 2.36. The van der Waals surface area contributed by atoms with Crippen molar-refractivity contribution in [3.05, 3.63) is 12.3 Å². The van der Waals surface area contributed by atoms with Crippen LogP contribution in [0.4, 0.5) is 11.8 Å². The Labute approximate surface area is 116 Å². The van der Waals surface area contributed by atoms with Crippen LogP contribution in [0.3, 0.4) is 0 Å². The number of rotatable bonds is 5. The predicted octanol–water partition coefficient (Wildman–Crippen LogP) is 1.83. The van der Waals surface area contributed by atoms with E-state index in [1.54, 1.807) is 6.20 Å². The summed E-state index contributed by atoms with van der Waals surface area (Å²) in [5.41, 5.74) is 0. The SMILES string of the molecule is CN(C)c1nccc(NCCN2CCCCCC2)n1. The third-order valence-corrected chi connectivity index (χ3v) is 3.48. The second kappa shape index (κ2) is 7.28. The molecule has 0 radical (unpaired) electrons. The highest BCUT2D eigenvalue weighted by atomic mass is 15.2. The average Bonchev–Trinajstić information content (AvgIpc) is 2.68. The molecule has 1 aliphatic rings. The van der Waals surface area contributed by atoms with Gasteiger partial charge in [-0.05, 0) is 32.0 Å². The van der Waals surface area contributed by atoms with Crippen LogP contribution in [0.25, 0.3) is 0 Å². The van der Waals surface area contributed by atoms with Gasteiger partial charge in [-0.2, -0.15) is 4.98 Å². The molecule has 5 heteroatoms. The molecule has 0 saturated carbocycles. The third-order valence-electron chi connectivity index (χ3n) is 3.48. The number of anilines is 2. The van der Waals surface area contributed by atoms with E-state index >= 15 is 0 Å². The van der Waals surface area contributed by atoms with Gasteiger partial charge < -0.3 is 15.1 Å². The summed E-state index contributed by atoms with van der Waals surface area (Å²) in [6, 6.07) is 1.93. The molecule has 0 aromatic carbocycles. The summed E-state index contributed by atoms with van der Waals surface area (Å²) in [7, 11) is 3.91. The molecular weight excluding hydrogens is 238 g/mol. The van der Waals surface area contributed by atoms with Gasteiger partial charge in [-0.15, -0.1) is 0 Å². The Balaban J connectivity index is 1.77. The van der Waals surface area contributed by atoms with Crippen molar-refractivity contribution in [3.8, 4) is 0 Å². The van der Waals surface area contributed by atoms with Crippen LogP contribution in [-0.4, -0.2) is 55.1 Å². The lowest BCUT2D eigenvalue weighted by Gasteiger charge is -2.20. The molecule has 1 aliphatic heterocycles. The van der Waals surface area contributed by atoms with Crippen LogP contribution in [0.1, 0.15) is 25.7 Å². The molecule has 0 aliphatic carbocycles. The number of nitrogens with zero attached hydrogens (tertiary/aromatic N) is 4. The van der Waals surface area contributed by atoms with E-state index in [4.69, 9.17) is 0 Å². The Hall–Kier alpha value is -1.36. The fraction of sp³-hybridized carbons (Fsp3) is 0.714. The Morgan fingerprint density at radius 2 is 1.95 bits per heavy atom. The summed E-state index contributed by atoms with van der Waals surface area (Å²) in [6.45, 7) is 4.54. The Morgan fingerprint density at radius 1 is 1.21 bits per heavy atom. The first-order valence-electron chi connectivity index (χ1n) is 7.22.